The summed E-state index contributed by atoms with van der Waals surface area (Å²) in [5.41, 5.74) is 0. The molecular formula is C13H22N4S. The van der Waals surface area contributed by atoms with Crippen molar-refractivity contribution < 1.29 is 0 Å². The summed E-state index contributed by atoms with van der Waals surface area (Å²) in [5, 5.41) is 8.39. The zero-order chi connectivity index (χ0) is 12.4. The fourth-order valence-electron chi connectivity index (χ4n) is 2.86. The first-order valence-electron chi connectivity index (χ1n) is 7.14. The van der Waals surface area contributed by atoms with Crippen molar-refractivity contribution in [2.24, 2.45) is 0 Å². The molecule has 18 heavy (non-hydrogen) atoms. The maximum atomic E-state index is 4.70. The highest BCUT2D eigenvalue weighted by molar-refractivity contribution is 7.99. The number of aromatic nitrogens is 3. The van der Waals surface area contributed by atoms with Gasteiger partial charge >= 0.3 is 0 Å². The maximum absolute atomic E-state index is 4.70. The van der Waals surface area contributed by atoms with Crippen molar-refractivity contribution in [1.29, 1.82) is 0 Å². The minimum atomic E-state index is 0.430. The largest absolute Gasteiger partial charge is 0.304 e. The van der Waals surface area contributed by atoms with Gasteiger partial charge in [0.2, 0.25) is 0 Å². The van der Waals surface area contributed by atoms with Crippen LogP contribution < -0.4 is 5.32 Å². The molecule has 0 bridgehead atoms. The highest BCUT2D eigenvalue weighted by Gasteiger charge is 2.26. The number of aryl methyl sites for hydroxylation is 2. The van der Waals surface area contributed by atoms with E-state index in [-0.39, 0.29) is 0 Å². The molecule has 100 valence electrons. The van der Waals surface area contributed by atoms with Crippen molar-refractivity contribution in [2.45, 2.75) is 57.7 Å². The smallest absolute Gasteiger partial charge is 0.150 e. The minimum Gasteiger partial charge on any atom is -0.304 e. The summed E-state index contributed by atoms with van der Waals surface area (Å²) >= 11 is 2.08. The summed E-state index contributed by atoms with van der Waals surface area (Å²) in [4.78, 5) is 4.70. The van der Waals surface area contributed by atoms with Gasteiger partial charge in [0.1, 0.15) is 5.82 Å². The number of hydrogen-bond donors (Lipinski definition) is 1. The molecule has 1 N–H and O–H groups in total. The zero-order valence-corrected chi connectivity index (χ0v) is 11.9. The molecule has 2 aliphatic rings. The van der Waals surface area contributed by atoms with Crippen LogP contribution in [0.3, 0.4) is 0 Å². The molecule has 2 aliphatic heterocycles. The van der Waals surface area contributed by atoms with Crippen LogP contribution in [0.25, 0.3) is 0 Å². The van der Waals surface area contributed by atoms with Gasteiger partial charge in [-0.3, -0.25) is 0 Å². The Morgan fingerprint density at radius 1 is 1.33 bits per heavy atom. The molecule has 1 aromatic rings. The summed E-state index contributed by atoms with van der Waals surface area (Å²) in [6.07, 6.45) is 5.98. The van der Waals surface area contributed by atoms with Crippen molar-refractivity contribution in [3.05, 3.63) is 11.6 Å². The van der Waals surface area contributed by atoms with E-state index in [0.717, 1.165) is 18.8 Å². The second-order valence-electron chi connectivity index (χ2n) is 5.21. The van der Waals surface area contributed by atoms with E-state index in [0.29, 0.717) is 12.1 Å². The number of nitrogens with one attached hydrogen (secondary N) is 1. The summed E-state index contributed by atoms with van der Waals surface area (Å²) in [7, 11) is 0. The van der Waals surface area contributed by atoms with Crippen LogP contribution in [0.1, 0.15) is 50.3 Å². The van der Waals surface area contributed by atoms with E-state index < -0.39 is 0 Å². The van der Waals surface area contributed by atoms with Gasteiger partial charge in [-0.15, -0.1) is 0 Å². The lowest BCUT2D eigenvalue weighted by molar-refractivity contribution is 0.325. The highest BCUT2D eigenvalue weighted by atomic mass is 32.2. The Labute approximate surface area is 113 Å². The standard InChI is InChI=1S/C13H22N4S/c1-2-12-15-13-11(4-3-7-17(13)16-12)14-10-5-8-18-9-6-10/h10-11,14H,2-9H2,1H3. The normalized spacial score (nSPS) is 25.1. The van der Waals surface area contributed by atoms with E-state index in [1.807, 2.05) is 0 Å². The predicted octanol–water partition coefficient (Wildman–Crippen LogP) is 2.16. The van der Waals surface area contributed by atoms with Gasteiger partial charge in [0.05, 0.1) is 6.04 Å². The van der Waals surface area contributed by atoms with E-state index in [9.17, 15) is 0 Å². The number of nitrogens with zero attached hydrogens (tertiary/aromatic N) is 3. The maximum Gasteiger partial charge on any atom is 0.150 e. The molecule has 3 rings (SSSR count). The SMILES string of the molecule is CCc1nc2n(n1)CCCC2NC1CCSCC1. The topological polar surface area (TPSA) is 42.7 Å². The molecule has 4 nitrogen and oxygen atoms in total. The summed E-state index contributed by atoms with van der Waals surface area (Å²) in [5.74, 6) is 4.78. The summed E-state index contributed by atoms with van der Waals surface area (Å²) in [6, 6.07) is 1.12. The molecule has 1 aromatic heterocycles. The summed E-state index contributed by atoms with van der Waals surface area (Å²) in [6.45, 7) is 3.17. The first-order chi connectivity index (χ1) is 8.86. The lowest BCUT2D eigenvalue weighted by Crippen LogP contribution is -2.38. The van der Waals surface area contributed by atoms with Gasteiger partial charge in [0.25, 0.3) is 0 Å². The Morgan fingerprint density at radius 2 is 2.17 bits per heavy atom. The van der Waals surface area contributed by atoms with Crippen molar-refractivity contribution in [1.82, 2.24) is 20.1 Å². The van der Waals surface area contributed by atoms with E-state index in [2.05, 4.69) is 33.8 Å². The number of thioether (sulfide) groups is 1. The first kappa shape index (κ1) is 12.5. The Balaban J connectivity index is 1.71. The third kappa shape index (κ3) is 2.57. The van der Waals surface area contributed by atoms with Crippen LogP contribution in [0, 0.1) is 0 Å². The average molecular weight is 266 g/mol. The van der Waals surface area contributed by atoms with Crippen molar-refractivity contribution >= 4 is 11.8 Å². The fourth-order valence-corrected chi connectivity index (χ4v) is 3.96. The second-order valence-corrected chi connectivity index (χ2v) is 6.44. The van der Waals surface area contributed by atoms with Crippen LogP contribution in [0.15, 0.2) is 0 Å². The van der Waals surface area contributed by atoms with Gasteiger partial charge in [-0.05, 0) is 37.2 Å². The quantitative estimate of drug-likeness (QED) is 0.910. The van der Waals surface area contributed by atoms with E-state index in [1.165, 1.54) is 43.0 Å². The molecule has 0 spiro atoms. The third-order valence-electron chi connectivity index (χ3n) is 3.89. The van der Waals surface area contributed by atoms with E-state index >= 15 is 0 Å². The third-order valence-corrected chi connectivity index (χ3v) is 4.94. The lowest BCUT2D eigenvalue weighted by atomic mass is 10.0. The molecule has 1 unspecified atom stereocenters. The predicted molar refractivity (Wildman–Crippen MR) is 74.9 cm³/mol. The average Bonchev–Trinajstić information content (AvgIpc) is 2.84. The molecule has 0 radical (unpaired) electrons. The van der Waals surface area contributed by atoms with E-state index in [4.69, 9.17) is 4.98 Å². The van der Waals surface area contributed by atoms with Crippen LogP contribution >= 0.6 is 11.8 Å². The van der Waals surface area contributed by atoms with Gasteiger partial charge in [-0.1, -0.05) is 6.92 Å². The zero-order valence-electron chi connectivity index (χ0n) is 11.1. The number of hydrogen-bond acceptors (Lipinski definition) is 4. The second kappa shape index (κ2) is 5.61. The van der Waals surface area contributed by atoms with Crippen LogP contribution in [0.2, 0.25) is 0 Å². The molecule has 0 saturated carbocycles. The van der Waals surface area contributed by atoms with Crippen molar-refractivity contribution in [3.8, 4) is 0 Å². The fraction of sp³-hybridized carbons (Fsp3) is 0.846. The molecule has 1 atom stereocenters. The molecule has 1 saturated heterocycles. The molecule has 5 heteroatoms. The first-order valence-corrected chi connectivity index (χ1v) is 8.29. The monoisotopic (exact) mass is 266 g/mol. The van der Waals surface area contributed by atoms with Crippen LogP contribution in [0.4, 0.5) is 0 Å². The molecule has 3 heterocycles. The Hall–Kier alpha value is -0.550. The molecule has 0 aliphatic carbocycles. The van der Waals surface area contributed by atoms with Crippen molar-refractivity contribution in [3.63, 3.8) is 0 Å². The molecule has 0 amide bonds. The van der Waals surface area contributed by atoms with Gasteiger partial charge in [0, 0.05) is 19.0 Å². The Kier molecular flexibility index (Phi) is 3.89. The van der Waals surface area contributed by atoms with Crippen molar-refractivity contribution in [2.75, 3.05) is 11.5 Å². The van der Waals surface area contributed by atoms with Crippen LogP contribution in [-0.2, 0) is 13.0 Å². The Bertz CT molecular complexity index is 398. The van der Waals surface area contributed by atoms with E-state index in [1.54, 1.807) is 0 Å². The lowest BCUT2D eigenvalue weighted by Gasteiger charge is -2.30. The van der Waals surface area contributed by atoms with Gasteiger partial charge in [-0.2, -0.15) is 16.9 Å². The Morgan fingerprint density at radius 3 is 2.94 bits per heavy atom. The summed E-state index contributed by atoms with van der Waals surface area (Å²) < 4.78 is 2.12. The molecular weight excluding hydrogens is 244 g/mol. The number of rotatable bonds is 3. The minimum absolute atomic E-state index is 0.430. The van der Waals surface area contributed by atoms with Crippen LogP contribution in [0.5, 0.6) is 0 Å². The number of fused-ring (bicyclic) bond motifs is 1. The molecule has 0 aromatic carbocycles. The van der Waals surface area contributed by atoms with Gasteiger partial charge in [-0.25, -0.2) is 9.67 Å². The van der Waals surface area contributed by atoms with Gasteiger partial charge in [0.15, 0.2) is 5.82 Å². The van der Waals surface area contributed by atoms with Crippen LogP contribution in [-0.4, -0.2) is 32.3 Å². The molecule has 1 fully saturated rings. The highest BCUT2D eigenvalue weighted by Crippen LogP contribution is 2.26. The van der Waals surface area contributed by atoms with Gasteiger partial charge < -0.3 is 5.32 Å².